The van der Waals surface area contributed by atoms with E-state index in [0.29, 0.717) is 15.6 Å². The zero-order valence-electron chi connectivity index (χ0n) is 10.7. The van der Waals surface area contributed by atoms with Gasteiger partial charge in [-0.2, -0.15) is 0 Å². The first-order chi connectivity index (χ1) is 9.61. The van der Waals surface area contributed by atoms with Crippen molar-refractivity contribution in [1.82, 2.24) is 0 Å². The third kappa shape index (κ3) is 2.22. The van der Waals surface area contributed by atoms with Crippen LogP contribution >= 0.6 is 23.2 Å². The molecule has 0 heterocycles. The molecule has 2 aromatic rings. The van der Waals surface area contributed by atoms with Gasteiger partial charge in [0.05, 0.1) is 16.7 Å². The van der Waals surface area contributed by atoms with Crippen LogP contribution in [-0.4, -0.2) is 5.11 Å². The van der Waals surface area contributed by atoms with Gasteiger partial charge in [0.1, 0.15) is 5.82 Å². The van der Waals surface area contributed by atoms with Crippen LogP contribution in [0.3, 0.4) is 0 Å². The van der Waals surface area contributed by atoms with Gasteiger partial charge in [-0.1, -0.05) is 29.3 Å². The molecular formula is C16H13Cl2FO. The van der Waals surface area contributed by atoms with E-state index in [1.165, 1.54) is 6.07 Å². The van der Waals surface area contributed by atoms with Gasteiger partial charge in [-0.05, 0) is 59.7 Å². The van der Waals surface area contributed by atoms with Crippen LogP contribution in [0.1, 0.15) is 23.1 Å². The van der Waals surface area contributed by atoms with E-state index in [0.717, 1.165) is 41.5 Å². The molecule has 1 aliphatic carbocycles. The molecule has 0 unspecified atom stereocenters. The summed E-state index contributed by atoms with van der Waals surface area (Å²) in [6.45, 7) is -0.110. The van der Waals surface area contributed by atoms with Crippen LogP contribution in [0.15, 0.2) is 24.3 Å². The van der Waals surface area contributed by atoms with E-state index in [9.17, 15) is 9.50 Å². The van der Waals surface area contributed by atoms with Crippen molar-refractivity contribution in [2.45, 2.75) is 25.9 Å². The molecule has 0 spiro atoms. The summed E-state index contributed by atoms with van der Waals surface area (Å²) in [5, 5.41) is 10.1. The van der Waals surface area contributed by atoms with Crippen molar-refractivity contribution < 1.29 is 9.50 Å². The highest BCUT2D eigenvalue weighted by Gasteiger charge is 2.22. The average molecular weight is 311 g/mol. The van der Waals surface area contributed by atoms with Crippen LogP contribution in [0.25, 0.3) is 11.1 Å². The molecule has 2 aromatic carbocycles. The molecule has 0 atom stereocenters. The highest BCUT2D eigenvalue weighted by molar-refractivity contribution is 6.39. The number of aliphatic hydroxyl groups excluding tert-OH is 1. The Balaban J connectivity index is 2.23. The molecule has 1 nitrogen and oxygen atoms in total. The fourth-order valence-electron chi connectivity index (χ4n) is 2.87. The first-order valence-corrected chi connectivity index (χ1v) is 7.27. The van der Waals surface area contributed by atoms with E-state index < -0.39 is 0 Å². The Morgan fingerprint density at radius 1 is 1.05 bits per heavy atom. The van der Waals surface area contributed by atoms with Crippen molar-refractivity contribution >= 4 is 23.2 Å². The van der Waals surface area contributed by atoms with Crippen molar-refractivity contribution in [3.05, 3.63) is 56.8 Å². The van der Waals surface area contributed by atoms with Crippen molar-refractivity contribution in [3.8, 4) is 11.1 Å². The second-order valence-corrected chi connectivity index (χ2v) is 5.81. The van der Waals surface area contributed by atoms with Crippen molar-refractivity contribution in [3.63, 3.8) is 0 Å². The second-order valence-electron chi connectivity index (χ2n) is 5.00. The van der Waals surface area contributed by atoms with Gasteiger partial charge in [0.15, 0.2) is 0 Å². The van der Waals surface area contributed by atoms with E-state index in [1.807, 2.05) is 0 Å². The largest absolute Gasteiger partial charge is 0.392 e. The number of fused-ring (bicyclic) bond motifs is 1. The zero-order valence-corrected chi connectivity index (χ0v) is 12.2. The van der Waals surface area contributed by atoms with Crippen molar-refractivity contribution in [2.24, 2.45) is 0 Å². The van der Waals surface area contributed by atoms with Crippen molar-refractivity contribution in [1.29, 1.82) is 0 Å². The zero-order chi connectivity index (χ0) is 14.3. The predicted octanol–water partition coefficient (Wildman–Crippen LogP) is 4.78. The van der Waals surface area contributed by atoms with Crippen LogP contribution in [0.5, 0.6) is 0 Å². The van der Waals surface area contributed by atoms with E-state index in [1.54, 1.807) is 18.2 Å². The smallest absolute Gasteiger partial charge is 0.126 e. The maximum Gasteiger partial charge on any atom is 0.126 e. The Bertz CT molecular complexity index is 659. The Morgan fingerprint density at radius 3 is 2.35 bits per heavy atom. The van der Waals surface area contributed by atoms with Gasteiger partial charge in [0.25, 0.3) is 0 Å². The first-order valence-electron chi connectivity index (χ1n) is 6.51. The van der Waals surface area contributed by atoms with Crippen LogP contribution < -0.4 is 0 Å². The quantitative estimate of drug-likeness (QED) is 0.846. The van der Waals surface area contributed by atoms with E-state index in [2.05, 4.69) is 0 Å². The maximum absolute atomic E-state index is 13.8. The highest BCUT2D eigenvalue weighted by atomic mass is 35.5. The topological polar surface area (TPSA) is 20.2 Å². The average Bonchev–Trinajstić information content (AvgIpc) is 2.90. The number of benzene rings is 2. The van der Waals surface area contributed by atoms with E-state index in [4.69, 9.17) is 23.2 Å². The predicted molar refractivity (Wildman–Crippen MR) is 79.8 cm³/mol. The fourth-order valence-corrected chi connectivity index (χ4v) is 3.61. The second kappa shape index (κ2) is 5.36. The van der Waals surface area contributed by atoms with Crippen LogP contribution in [-0.2, 0) is 19.4 Å². The molecule has 0 radical (unpaired) electrons. The molecule has 0 saturated heterocycles. The molecule has 104 valence electrons. The molecule has 0 bridgehead atoms. The lowest BCUT2D eigenvalue weighted by atomic mass is 9.95. The first kappa shape index (κ1) is 13.9. The molecule has 20 heavy (non-hydrogen) atoms. The minimum Gasteiger partial charge on any atom is -0.392 e. The molecule has 1 aliphatic rings. The van der Waals surface area contributed by atoms with Gasteiger partial charge in [0, 0.05) is 5.56 Å². The summed E-state index contributed by atoms with van der Waals surface area (Å²) in [7, 11) is 0. The van der Waals surface area contributed by atoms with Crippen molar-refractivity contribution in [2.75, 3.05) is 0 Å². The number of halogens is 3. The molecule has 0 amide bonds. The van der Waals surface area contributed by atoms with Gasteiger partial charge in [0.2, 0.25) is 0 Å². The molecule has 0 aliphatic heterocycles. The van der Waals surface area contributed by atoms with Gasteiger partial charge in [-0.3, -0.25) is 0 Å². The number of hydrogen-bond donors (Lipinski definition) is 1. The van der Waals surface area contributed by atoms with E-state index >= 15 is 0 Å². The van der Waals surface area contributed by atoms with Gasteiger partial charge < -0.3 is 5.11 Å². The number of aliphatic hydroxyl groups is 1. The molecule has 1 N–H and O–H groups in total. The normalized spacial score (nSPS) is 13.6. The standard InChI is InChI=1S/C16H13Cl2FO/c17-13-6-9(8-20)7-14(18)16(13)12-4-5-15(19)11-3-1-2-10(11)12/h4-7,20H,1-3,8H2. The van der Waals surface area contributed by atoms with Crippen LogP contribution in [0.4, 0.5) is 4.39 Å². The molecule has 0 fully saturated rings. The monoisotopic (exact) mass is 310 g/mol. The summed E-state index contributed by atoms with van der Waals surface area (Å²) in [5.74, 6) is -0.152. The number of hydrogen-bond acceptors (Lipinski definition) is 1. The van der Waals surface area contributed by atoms with Crippen LogP contribution in [0, 0.1) is 5.82 Å². The van der Waals surface area contributed by atoms with Crippen LogP contribution in [0.2, 0.25) is 10.0 Å². The van der Waals surface area contributed by atoms with Gasteiger partial charge >= 0.3 is 0 Å². The summed E-state index contributed by atoms with van der Waals surface area (Å²) in [4.78, 5) is 0. The fraction of sp³-hybridized carbons (Fsp3) is 0.250. The van der Waals surface area contributed by atoms with Gasteiger partial charge in [-0.15, -0.1) is 0 Å². The SMILES string of the molecule is OCc1cc(Cl)c(-c2ccc(F)c3c2CCC3)c(Cl)c1. The summed E-state index contributed by atoms with van der Waals surface area (Å²) in [6, 6.07) is 6.62. The minimum absolute atomic E-state index is 0.110. The molecule has 0 aromatic heterocycles. The van der Waals surface area contributed by atoms with Gasteiger partial charge in [-0.25, -0.2) is 4.39 Å². The highest BCUT2D eigenvalue weighted by Crippen LogP contribution is 2.41. The lowest BCUT2D eigenvalue weighted by Gasteiger charge is -2.14. The minimum atomic E-state index is -0.152. The van der Waals surface area contributed by atoms with E-state index in [-0.39, 0.29) is 12.4 Å². The maximum atomic E-state index is 13.8. The molecular weight excluding hydrogens is 298 g/mol. The third-order valence-electron chi connectivity index (χ3n) is 3.78. The molecule has 0 saturated carbocycles. The summed E-state index contributed by atoms with van der Waals surface area (Å²) in [5.41, 5.74) is 4.08. The Kier molecular flexibility index (Phi) is 3.72. The Morgan fingerprint density at radius 2 is 1.70 bits per heavy atom. The summed E-state index contributed by atoms with van der Waals surface area (Å²) < 4.78 is 13.8. The number of rotatable bonds is 2. The Labute approximate surface area is 127 Å². The lowest BCUT2D eigenvalue weighted by molar-refractivity contribution is 0.282. The summed E-state index contributed by atoms with van der Waals surface area (Å²) in [6.07, 6.45) is 2.56. The lowest BCUT2D eigenvalue weighted by Crippen LogP contribution is -1.95. The Hall–Kier alpha value is -1.09. The molecule has 3 rings (SSSR count). The molecule has 4 heteroatoms. The third-order valence-corrected chi connectivity index (χ3v) is 4.38. The summed E-state index contributed by atoms with van der Waals surface area (Å²) >= 11 is 12.6.